The molecule has 0 saturated heterocycles. The molecule has 2 aromatic rings. The number of benzene rings is 2. The Bertz CT molecular complexity index is 624. The molecule has 0 fully saturated rings. The van der Waals surface area contributed by atoms with Crippen molar-refractivity contribution in [3.05, 3.63) is 65.7 Å². The summed E-state index contributed by atoms with van der Waals surface area (Å²) in [6.45, 7) is 1.90. The van der Waals surface area contributed by atoms with Gasteiger partial charge in [0.2, 0.25) is 0 Å². The molecule has 0 aliphatic carbocycles. The predicted molar refractivity (Wildman–Crippen MR) is 93.7 cm³/mol. The molecule has 0 aliphatic rings. The van der Waals surface area contributed by atoms with Crippen molar-refractivity contribution in [3.63, 3.8) is 0 Å². The molecule has 2 unspecified atom stereocenters. The number of anilines is 1. The van der Waals surface area contributed by atoms with Gasteiger partial charge in [0.05, 0.1) is 6.10 Å². The zero-order valence-corrected chi connectivity index (χ0v) is 13.9. The van der Waals surface area contributed by atoms with E-state index in [-0.39, 0.29) is 11.9 Å². The first-order valence-electron chi connectivity index (χ1n) is 7.78. The zero-order chi connectivity index (χ0) is 16.8. The third kappa shape index (κ3) is 4.83. The second kappa shape index (κ2) is 7.79. The average Bonchev–Trinajstić information content (AvgIpc) is 2.55. The lowest BCUT2D eigenvalue weighted by atomic mass is 10.0. The molecular formula is C19H24N2O2. The summed E-state index contributed by atoms with van der Waals surface area (Å²) in [6.07, 6.45) is -0.103. The SMILES string of the molecule is CC(CC(O)c1ccccc1)NC(=O)c1ccc(N(C)C)cc1. The highest BCUT2D eigenvalue weighted by Gasteiger charge is 2.15. The van der Waals surface area contributed by atoms with Gasteiger partial charge in [0.25, 0.3) is 5.91 Å². The number of aliphatic hydroxyl groups is 1. The first-order chi connectivity index (χ1) is 11.0. The van der Waals surface area contributed by atoms with Crippen molar-refractivity contribution in [2.45, 2.75) is 25.5 Å². The zero-order valence-electron chi connectivity index (χ0n) is 13.9. The van der Waals surface area contributed by atoms with E-state index in [9.17, 15) is 9.90 Å². The number of hydrogen-bond donors (Lipinski definition) is 2. The van der Waals surface area contributed by atoms with E-state index >= 15 is 0 Å². The van der Waals surface area contributed by atoms with Crippen LogP contribution >= 0.6 is 0 Å². The lowest BCUT2D eigenvalue weighted by Gasteiger charge is -2.18. The summed E-state index contributed by atoms with van der Waals surface area (Å²) in [6, 6.07) is 16.8. The van der Waals surface area contributed by atoms with E-state index in [1.807, 2.05) is 80.5 Å². The summed E-state index contributed by atoms with van der Waals surface area (Å²) in [7, 11) is 3.92. The van der Waals surface area contributed by atoms with Crippen LogP contribution in [0.25, 0.3) is 0 Å². The van der Waals surface area contributed by atoms with Crippen molar-refractivity contribution in [1.82, 2.24) is 5.32 Å². The smallest absolute Gasteiger partial charge is 0.251 e. The number of nitrogens with one attached hydrogen (secondary N) is 1. The van der Waals surface area contributed by atoms with Gasteiger partial charge >= 0.3 is 0 Å². The van der Waals surface area contributed by atoms with Crippen LogP contribution in [0.5, 0.6) is 0 Å². The molecule has 23 heavy (non-hydrogen) atoms. The third-order valence-corrected chi connectivity index (χ3v) is 3.78. The van der Waals surface area contributed by atoms with Crippen molar-refractivity contribution in [3.8, 4) is 0 Å². The summed E-state index contributed by atoms with van der Waals surface area (Å²) in [5, 5.41) is 13.1. The van der Waals surface area contributed by atoms with Crippen molar-refractivity contribution in [2.75, 3.05) is 19.0 Å². The van der Waals surface area contributed by atoms with E-state index in [0.717, 1.165) is 11.3 Å². The molecule has 2 atom stereocenters. The Hall–Kier alpha value is -2.33. The van der Waals surface area contributed by atoms with Crippen LogP contribution in [0.1, 0.15) is 35.4 Å². The molecule has 2 aromatic carbocycles. The third-order valence-electron chi connectivity index (χ3n) is 3.78. The van der Waals surface area contributed by atoms with E-state index in [0.29, 0.717) is 12.0 Å². The summed E-state index contributed by atoms with van der Waals surface area (Å²) >= 11 is 0. The number of nitrogens with zero attached hydrogens (tertiary/aromatic N) is 1. The monoisotopic (exact) mass is 312 g/mol. The molecule has 0 radical (unpaired) electrons. The van der Waals surface area contributed by atoms with E-state index in [1.54, 1.807) is 0 Å². The summed E-state index contributed by atoms with van der Waals surface area (Å²) < 4.78 is 0. The first-order valence-corrected chi connectivity index (χ1v) is 7.78. The fourth-order valence-electron chi connectivity index (χ4n) is 2.42. The molecule has 2 N–H and O–H groups in total. The minimum atomic E-state index is -0.581. The number of aliphatic hydroxyl groups excluding tert-OH is 1. The molecule has 122 valence electrons. The van der Waals surface area contributed by atoms with Crippen LogP contribution in [0.15, 0.2) is 54.6 Å². The highest BCUT2D eigenvalue weighted by molar-refractivity contribution is 5.94. The fraction of sp³-hybridized carbons (Fsp3) is 0.316. The molecule has 0 bridgehead atoms. The molecule has 4 nitrogen and oxygen atoms in total. The molecule has 1 amide bonds. The lowest BCUT2D eigenvalue weighted by Crippen LogP contribution is -2.33. The van der Waals surface area contributed by atoms with Crippen molar-refractivity contribution in [2.24, 2.45) is 0 Å². The van der Waals surface area contributed by atoms with Gasteiger partial charge in [-0.2, -0.15) is 0 Å². The van der Waals surface area contributed by atoms with Gasteiger partial charge in [-0.15, -0.1) is 0 Å². The van der Waals surface area contributed by atoms with Gasteiger partial charge in [-0.25, -0.2) is 0 Å². The Morgan fingerprint density at radius 1 is 1.09 bits per heavy atom. The normalized spacial score (nSPS) is 13.2. The van der Waals surface area contributed by atoms with Crippen LogP contribution < -0.4 is 10.2 Å². The Morgan fingerprint density at radius 3 is 2.26 bits per heavy atom. The molecule has 4 heteroatoms. The second-order valence-electron chi connectivity index (χ2n) is 5.98. The highest BCUT2D eigenvalue weighted by atomic mass is 16.3. The minimum absolute atomic E-state index is 0.119. The largest absolute Gasteiger partial charge is 0.388 e. The molecule has 0 spiro atoms. The molecular weight excluding hydrogens is 288 g/mol. The standard InChI is InChI=1S/C19H24N2O2/c1-14(13-18(22)15-7-5-4-6-8-15)20-19(23)16-9-11-17(12-10-16)21(2)3/h4-12,14,18,22H,13H2,1-3H3,(H,20,23). The van der Waals surface area contributed by atoms with Gasteiger partial charge in [-0.1, -0.05) is 30.3 Å². The first kappa shape index (κ1) is 17.0. The quantitative estimate of drug-likeness (QED) is 0.862. The molecule has 0 saturated carbocycles. The van der Waals surface area contributed by atoms with Crippen LogP contribution in [0.4, 0.5) is 5.69 Å². The Labute approximate surface area is 137 Å². The van der Waals surface area contributed by atoms with Gasteiger partial charge in [0, 0.05) is 31.4 Å². The topological polar surface area (TPSA) is 52.6 Å². The van der Waals surface area contributed by atoms with E-state index in [2.05, 4.69) is 5.32 Å². The Morgan fingerprint density at radius 2 is 1.70 bits per heavy atom. The molecule has 0 heterocycles. The van der Waals surface area contributed by atoms with Gasteiger partial charge < -0.3 is 15.3 Å². The maximum absolute atomic E-state index is 12.2. The van der Waals surface area contributed by atoms with Crippen LogP contribution in [0, 0.1) is 0 Å². The van der Waals surface area contributed by atoms with Gasteiger partial charge in [-0.3, -0.25) is 4.79 Å². The summed E-state index contributed by atoms with van der Waals surface area (Å²) in [4.78, 5) is 14.2. The van der Waals surface area contributed by atoms with Gasteiger partial charge in [-0.05, 0) is 43.2 Å². The maximum Gasteiger partial charge on any atom is 0.251 e. The van der Waals surface area contributed by atoms with Crippen LogP contribution in [-0.4, -0.2) is 31.2 Å². The number of rotatable bonds is 6. The Balaban J connectivity index is 1.91. The average molecular weight is 312 g/mol. The lowest BCUT2D eigenvalue weighted by molar-refractivity contribution is 0.0917. The summed E-state index contributed by atoms with van der Waals surface area (Å²) in [5.41, 5.74) is 2.54. The van der Waals surface area contributed by atoms with Crippen LogP contribution in [0.3, 0.4) is 0 Å². The van der Waals surface area contributed by atoms with Crippen LogP contribution in [-0.2, 0) is 0 Å². The van der Waals surface area contributed by atoms with Crippen LogP contribution in [0.2, 0.25) is 0 Å². The maximum atomic E-state index is 12.2. The number of carbonyl (C=O) groups is 1. The highest BCUT2D eigenvalue weighted by Crippen LogP contribution is 2.18. The summed E-state index contributed by atoms with van der Waals surface area (Å²) in [5.74, 6) is -0.122. The molecule has 0 aliphatic heterocycles. The van der Waals surface area contributed by atoms with Gasteiger partial charge in [0.1, 0.15) is 0 Å². The second-order valence-corrected chi connectivity index (χ2v) is 5.98. The van der Waals surface area contributed by atoms with Crippen molar-refractivity contribution >= 4 is 11.6 Å². The number of carbonyl (C=O) groups excluding carboxylic acids is 1. The van der Waals surface area contributed by atoms with Crippen molar-refractivity contribution < 1.29 is 9.90 Å². The van der Waals surface area contributed by atoms with Crippen molar-refractivity contribution in [1.29, 1.82) is 0 Å². The predicted octanol–water partition coefficient (Wildman–Crippen LogP) is 2.99. The number of amides is 1. The minimum Gasteiger partial charge on any atom is -0.388 e. The molecule has 2 rings (SSSR count). The molecule has 0 aromatic heterocycles. The van der Waals surface area contributed by atoms with E-state index in [4.69, 9.17) is 0 Å². The Kier molecular flexibility index (Phi) is 5.77. The fourth-order valence-corrected chi connectivity index (χ4v) is 2.42. The van der Waals surface area contributed by atoms with E-state index in [1.165, 1.54) is 0 Å². The van der Waals surface area contributed by atoms with E-state index < -0.39 is 6.10 Å². The number of hydrogen-bond acceptors (Lipinski definition) is 3. The van der Waals surface area contributed by atoms with Gasteiger partial charge in [0.15, 0.2) is 0 Å².